The van der Waals surface area contributed by atoms with Crippen LogP contribution in [0.2, 0.25) is 0 Å². The van der Waals surface area contributed by atoms with Gasteiger partial charge in [-0.1, -0.05) is 0 Å². The Kier molecular flexibility index (Phi) is 4.60. The smallest absolute Gasteiger partial charge is 0.316 e. The minimum absolute atomic E-state index is 0.469. The van der Waals surface area contributed by atoms with Crippen molar-refractivity contribution < 1.29 is 19.1 Å². The van der Waals surface area contributed by atoms with Crippen molar-refractivity contribution in [3.8, 4) is 11.5 Å². The average molecular weight is 280 g/mol. The standard InChI is InChI=1S/C14H20N2O4/c1-14(2,3)16(13(18)12(15)17)9-6-7-10(19-4)11(8-9)20-5/h6-8H,1-5H3,(H2,15,17). The number of nitrogens with zero attached hydrogens (tertiary/aromatic N) is 1. The average Bonchev–Trinajstić information content (AvgIpc) is 2.36. The summed E-state index contributed by atoms with van der Waals surface area (Å²) in [5.74, 6) is -0.771. The zero-order valence-corrected chi connectivity index (χ0v) is 12.4. The van der Waals surface area contributed by atoms with Crippen molar-refractivity contribution in [2.45, 2.75) is 26.3 Å². The highest BCUT2D eigenvalue weighted by Crippen LogP contribution is 2.34. The highest BCUT2D eigenvalue weighted by atomic mass is 16.5. The number of amides is 2. The van der Waals surface area contributed by atoms with Crippen molar-refractivity contribution in [2.24, 2.45) is 5.73 Å². The van der Waals surface area contributed by atoms with Crippen LogP contribution in [0.5, 0.6) is 11.5 Å². The summed E-state index contributed by atoms with van der Waals surface area (Å²) in [5, 5.41) is 0. The Morgan fingerprint density at radius 1 is 1.10 bits per heavy atom. The van der Waals surface area contributed by atoms with Crippen molar-refractivity contribution >= 4 is 17.5 Å². The number of methoxy groups -OCH3 is 2. The van der Waals surface area contributed by atoms with E-state index < -0.39 is 17.4 Å². The van der Waals surface area contributed by atoms with Gasteiger partial charge in [-0.05, 0) is 32.9 Å². The van der Waals surface area contributed by atoms with Crippen LogP contribution in [0.3, 0.4) is 0 Å². The molecule has 0 radical (unpaired) electrons. The summed E-state index contributed by atoms with van der Waals surface area (Å²) in [6.45, 7) is 5.43. The van der Waals surface area contributed by atoms with Gasteiger partial charge in [-0.3, -0.25) is 14.5 Å². The van der Waals surface area contributed by atoms with Crippen LogP contribution in [-0.2, 0) is 9.59 Å². The molecule has 6 heteroatoms. The first-order valence-corrected chi connectivity index (χ1v) is 6.08. The number of rotatable bonds is 3. The van der Waals surface area contributed by atoms with Gasteiger partial charge in [0, 0.05) is 17.3 Å². The molecule has 1 aromatic rings. The van der Waals surface area contributed by atoms with Crippen molar-refractivity contribution in [1.29, 1.82) is 0 Å². The Labute approximate surface area is 118 Å². The molecule has 1 rings (SSSR count). The Bertz CT molecular complexity index is 520. The molecule has 0 heterocycles. The summed E-state index contributed by atoms with van der Waals surface area (Å²) in [4.78, 5) is 24.6. The molecular formula is C14H20N2O4. The van der Waals surface area contributed by atoms with E-state index in [2.05, 4.69) is 0 Å². The van der Waals surface area contributed by atoms with Crippen molar-refractivity contribution in [3.63, 3.8) is 0 Å². The molecule has 2 N–H and O–H groups in total. The molecule has 0 bridgehead atoms. The van der Waals surface area contributed by atoms with Crippen molar-refractivity contribution in [3.05, 3.63) is 18.2 Å². The second kappa shape index (κ2) is 5.81. The Hall–Kier alpha value is -2.24. The van der Waals surface area contributed by atoms with Crippen LogP contribution >= 0.6 is 0 Å². The van der Waals surface area contributed by atoms with Crippen LogP contribution in [-0.4, -0.2) is 31.6 Å². The van der Waals surface area contributed by atoms with Gasteiger partial charge < -0.3 is 15.2 Å². The highest BCUT2D eigenvalue weighted by molar-refractivity contribution is 6.40. The first-order valence-electron chi connectivity index (χ1n) is 6.08. The molecule has 6 nitrogen and oxygen atoms in total. The van der Waals surface area contributed by atoms with Gasteiger partial charge in [-0.25, -0.2) is 0 Å². The molecule has 20 heavy (non-hydrogen) atoms. The lowest BCUT2D eigenvalue weighted by Gasteiger charge is -2.35. The maximum atomic E-state index is 12.0. The van der Waals surface area contributed by atoms with Crippen molar-refractivity contribution in [2.75, 3.05) is 19.1 Å². The molecule has 0 fully saturated rings. The predicted octanol–water partition coefficient (Wildman–Crippen LogP) is 1.32. The number of hydrogen-bond acceptors (Lipinski definition) is 4. The quantitative estimate of drug-likeness (QED) is 0.847. The SMILES string of the molecule is COc1ccc(N(C(=O)C(N)=O)C(C)(C)C)cc1OC. The van der Waals surface area contributed by atoms with Gasteiger partial charge in [0.15, 0.2) is 11.5 Å². The molecule has 0 atom stereocenters. The molecule has 2 amide bonds. The van der Waals surface area contributed by atoms with Crippen LogP contribution in [0.4, 0.5) is 5.69 Å². The fraction of sp³-hybridized carbons (Fsp3) is 0.429. The number of anilines is 1. The number of hydrogen-bond donors (Lipinski definition) is 1. The number of primary amides is 1. The monoisotopic (exact) mass is 280 g/mol. The number of carbonyl (C=O) groups is 2. The summed E-state index contributed by atoms with van der Waals surface area (Å²) in [6, 6.07) is 4.97. The van der Waals surface area contributed by atoms with E-state index in [1.54, 1.807) is 18.2 Å². The minimum Gasteiger partial charge on any atom is -0.493 e. The molecule has 0 aliphatic carbocycles. The van der Waals surface area contributed by atoms with Crippen LogP contribution < -0.4 is 20.1 Å². The molecule has 0 aromatic heterocycles. The first kappa shape index (κ1) is 15.8. The third-order valence-electron chi connectivity index (χ3n) is 2.71. The molecular weight excluding hydrogens is 260 g/mol. The van der Waals surface area contributed by atoms with Gasteiger partial charge in [-0.2, -0.15) is 0 Å². The number of carbonyl (C=O) groups excluding carboxylic acids is 2. The van der Waals surface area contributed by atoms with Crippen LogP contribution in [0.1, 0.15) is 20.8 Å². The van der Waals surface area contributed by atoms with Gasteiger partial charge in [0.1, 0.15) is 0 Å². The van der Waals surface area contributed by atoms with E-state index in [1.807, 2.05) is 20.8 Å². The summed E-state index contributed by atoms with van der Waals surface area (Å²) < 4.78 is 10.3. The predicted molar refractivity (Wildman–Crippen MR) is 76.0 cm³/mol. The van der Waals surface area contributed by atoms with Crippen LogP contribution in [0.25, 0.3) is 0 Å². The topological polar surface area (TPSA) is 81.9 Å². The second-order valence-corrected chi connectivity index (χ2v) is 5.21. The number of benzene rings is 1. The van der Waals surface area contributed by atoms with Gasteiger partial charge in [0.25, 0.3) is 0 Å². The summed E-state index contributed by atoms with van der Waals surface area (Å²) in [7, 11) is 3.02. The Morgan fingerprint density at radius 3 is 2.05 bits per heavy atom. The van der Waals surface area contributed by atoms with Gasteiger partial charge >= 0.3 is 11.8 Å². The summed E-state index contributed by atoms with van der Waals surface area (Å²) in [6.07, 6.45) is 0. The molecule has 0 saturated carbocycles. The van der Waals surface area contributed by atoms with Gasteiger partial charge in [0.05, 0.1) is 14.2 Å². The van der Waals surface area contributed by atoms with E-state index in [1.165, 1.54) is 19.1 Å². The molecule has 0 aliphatic rings. The van der Waals surface area contributed by atoms with E-state index in [9.17, 15) is 9.59 Å². The lowest BCUT2D eigenvalue weighted by atomic mass is 10.0. The van der Waals surface area contributed by atoms with E-state index in [4.69, 9.17) is 15.2 Å². The maximum Gasteiger partial charge on any atom is 0.316 e. The fourth-order valence-electron chi connectivity index (χ4n) is 1.88. The molecule has 0 unspecified atom stereocenters. The zero-order chi connectivity index (χ0) is 15.5. The second-order valence-electron chi connectivity index (χ2n) is 5.21. The first-order chi connectivity index (χ1) is 9.22. The summed E-state index contributed by atoms with van der Waals surface area (Å²) >= 11 is 0. The fourth-order valence-corrected chi connectivity index (χ4v) is 1.88. The molecule has 0 saturated heterocycles. The third kappa shape index (κ3) is 3.20. The Morgan fingerprint density at radius 2 is 1.65 bits per heavy atom. The molecule has 110 valence electrons. The van der Waals surface area contributed by atoms with E-state index in [-0.39, 0.29) is 0 Å². The number of nitrogens with two attached hydrogens (primary N) is 1. The Balaban J connectivity index is 3.35. The van der Waals surface area contributed by atoms with Crippen LogP contribution in [0.15, 0.2) is 18.2 Å². The number of ether oxygens (including phenoxy) is 2. The largest absolute Gasteiger partial charge is 0.493 e. The highest BCUT2D eigenvalue weighted by Gasteiger charge is 2.31. The third-order valence-corrected chi connectivity index (χ3v) is 2.71. The molecule has 0 aliphatic heterocycles. The maximum absolute atomic E-state index is 12.0. The van der Waals surface area contributed by atoms with E-state index in [0.29, 0.717) is 17.2 Å². The lowest BCUT2D eigenvalue weighted by molar-refractivity contribution is -0.136. The zero-order valence-electron chi connectivity index (χ0n) is 12.4. The van der Waals surface area contributed by atoms with Gasteiger partial charge in [0.2, 0.25) is 0 Å². The van der Waals surface area contributed by atoms with Gasteiger partial charge in [-0.15, -0.1) is 0 Å². The van der Waals surface area contributed by atoms with Crippen LogP contribution in [0, 0.1) is 0 Å². The molecule has 1 aromatic carbocycles. The minimum atomic E-state index is -1.00. The lowest BCUT2D eigenvalue weighted by Crippen LogP contribution is -2.50. The van der Waals surface area contributed by atoms with E-state index >= 15 is 0 Å². The summed E-state index contributed by atoms with van der Waals surface area (Å²) in [5.41, 5.74) is 5.02. The molecule has 0 spiro atoms. The normalized spacial score (nSPS) is 10.8. The van der Waals surface area contributed by atoms with E-state index in [0.717, 1.165) is 0 Å². The van der Waals surface area contributed by atoms with Crippen molar-refractivity contribution in [1.82, 2.24) is 0 Å².